The first kappa shape index (κ1) is 10.7. The van der Waals surface area contributed by atoms with Crippen LogP contribution in [0.3, 0.4) is 0 Å². The van der Waals surface area contributed by atoms with Crippen LogP contribution < -0.4 is 5.73 Å². The minimum atomic E-state index is -0.876. The zero-order valence-electron chi connectivity index (χ0n) is 8.29. The molecule has 0 radical (unpaired) electrons. The number of carbonyl (C=O) groups is 1. The average molecular weight is 193 g/mol. The highest BCUT2D eigenvalue weighted by molar-refractivity contribution is 5.87. The normalized spacial score (nSPS) is 10.1. The quantitative estimate of drug-likeness (QED) is 0.763. The van der Waals surface area contributed by atoms with Crippen molar-refractivity contribution in [2.24, 2.45) is 5.73 Å². The molecule has 0 aliphatic carbocycles. The Bertz CT molecular complexity index is 334. The lowest BCUT2D eigenvalue weighted by atomic mass is 10.0. The lowest BCUT2D eigenvalue weighted by Crippen LogP contribution is -2.03. The number of aromatic carboxylic acids is 1. The van der Waals surface area contributed by atoms with E-state index in [1.54, 1.807) is 12.1 Å². The molecule has 0 saturated carbocycles. The zero-order chi connectivity index (χ0) is 10.6. The fourth-order valence-electron chi connectivity index (χ4n) is 1.40. The van der Waals surface area contributed by atoms with E-state index in [0.29, 0.717) is 12.1 Å². The lowest BCUT2D eigenvalue weighted by molar-refractivity contribution is 0.0697. The highest BCUT2D eigenvalue weighted by Crippen LogP contribution is 2.12. The van der Waals surface area contributed by atoms with Gasteiger partial charge in [0.05, 0.1) is 5.56 Å². The molecule has 0 aliphatic rings. The van der Waals surface area contributed by atoms with Crippen molar-refractivity contribution in [3.05, 3.63) is 34.9 Å². The Kier molecular flexibility index (Phi) is 3.65. The molecule has 0 atom stereocenters. The van der Waals surface area contributed by atoms with Crippen LogP contribution in [0.1, 0.15) is 27.9 Å². The maximum Gasteiger partial charge on any atom is 0.335 e. The second-order valence-electron chi connectivity index (χ2n) is 3.34. The Morgan fingerprint density at radius 2 is 2.21 bits per heavy atom. The number of rotatable bonds is 4. The van der Waals surface area contributed by atoms with Crippen LogP contribution in [0.15, 0.2) is 18.2 Å². The van der Waals surface area contributed by atoms with Crippen LogP contribution in [0.2, 0.25) is 0 Å². The highest BCUT2D eigenvalue weighted by Gasteiger charge is 2.04. The van der Waals surface area contributed by atoms with E-state index < -0.39 is 5.97 Å². The van der Waals surface area contributed by atoms with Crippen molar-refractivity contribution in [3.8, 4) is 0 Å². The number of carboxylic acid groups (broad SMARTS) is 1. The molecule has 3 nitrogen and oxygen atoms in total. The molecule has 0 fully saturated rings. The molecule has 1 aromatic carbocycles. The van der Waals surface area contributed by atoms with Gasteiger partial charge in [-0.2, -0.15) is 0 Å². The van der Waals surface area contributed by atoms with Crippen molar-refractivity contribution in [3.63, 3.8) is 0 Å². The van der Waals surface area contributed by atoms with Crippen molar-refractivity contribution in [2.75, 3.05) is 6.54 Å². The number of carboxylic acids is 1. The predicted molar refractivity (Wildman–Crippen MR) is 55.5 cm³/mol. The summed E-state index contributed by atoms with van der Waals surface area (Å²) in [7, 11) is 0. The van der Waals surface area contributed by atoms with Gasteiger partial charge in [-0.3, -0.25) is 0 Å². The van der Waals surface area contributed by atoms with Crippen LogP contribution in [-0.2, 0) is 6.42 Å². The number of nitrogens with two attached hydrogens (primary N) is 1. The summed E-state index contributed by atoms with van der Waals surface area (Å²) in [4.78, 5) is 10.7. The molecule has 3 N–H and O–H groups in total. The molecule has 3 heteroatoms. The van der Waals surface area contributed by atoms with E-state index in [2.05, 4.69) is 0 Å². The molecule has 0 amide bonds. The summed E-state index contributed by atoms with van der Waals surface area (Å²) in [5.41, 5.74) is 7.96. The molecule has 1 rings (SSSR count). The van der Waals surface area contributed by atoms with Gasteiger partial charge in [0, 0.05) is 0 Å². The molecular formula is C11H15NO2. The first-order valence-electron chi connectivity index (χ1n) is 4.68. The molecule has 76 valence electrons. The predicted octanol–water partition coefficient (Wildman–Crippen LogP) is 1.58. The smallest absolute Gasteiger partial charge is 0.335 e. The Hall–Kier alpha value is -1.35. The van der Waals surface area contributed by atoms with Gasteiger partial charge in [0.1, 0.15) is 0 Å². The van der Waals surface area contributed by atoms with Gasteiger partial charge in [-0.15, -0.1) is 0 Å². The van der Waals surface area contributed by atoms with E-state index in [0.717, 1.165) is 18.4 Å². The molecule has 0 spiro atoms. The minimum absolute atomic E-state index is 0.346. The summed E-state index contributed by atoms with van der Waals surface area (Å²) in [5.74, 6) is -0.876. The van der Waals surface area contributed by atoms with Gasteiger partial charge < -0.3 is 10.8 Å². The fourth-order valence-corrected chi connectivity index (χ4v) is 1.40. The second kappa shape index (κ2) is 4.77. The summed E-state index contributed by atoms with van der Waals surface area (Å²) in [6.07, 6.45) is 1.86. The SMILES string of the molecule is Cc1cc(C(=O)O)ccc1CCCN. The van der Waals surface area contributed by atoms with Gasteiger partial charge in [-0.1, -0.05) is 6.07 Å². The molecule has 0 bridgehead atoms. The molecule has 0 saturated heterocycles. The largest absolute Gasteiger partial charge is 0.478 e. The van der Waals surface area contributed by atoms with Crippen LogP contribution in [0.25, 0.3) is 0 Å². The summed E-state index contributed by atoms with van der Waals surface area (Å²) in [6.45, 7) is 2.60. The van der Waals surface area contributed by atoms with Crippen LogP contribution in [0.5, 0.6) is 0 Å². The Morgan fingerprint density at radius 1 is 1.50 bits per heavy atom. The Morgan fingerprint density at radius 3 is 2.71 bits per heavy atom. The van der Waals surface area contributed by atoms with Crippen molar-refractivity contribution >= 4 is 5.97 Å². The summed E-state index contributed by atoms with van der Waals surface area (Å²) in [6, 6.07) is 5.21. The van der Waals surface area contributed by atoms with E-state index in [-0.39, 0.29) is 0 Å². The minimum Gasteiger partial charge on any atom is -0.478 e. The molecule has 0 aromatic heterocycles. The summed E-state index contributed by atoms with van der Waals surface area (Å²) < 4.78 is 0. The Labute approximate surface area is 83.6 Å². The van der Waals surface area contributed by atoms with Crippen molar-refractivity contribution < 1.29 is 9.90 Å². The molecule has 1 aromatic rings. The van der Waals surface area contributed by atoms with Crippen LogP contribution in [0, 0.1) is 6.92 Å². The summed E-state index contributed by atoms with van der Waals surface area (Å²) >= 11 is 0. The van der Waals surface area contributed by atoms with E-state index >= 15 is 0 Å². The number of hydrogen-bond acceptors (Lipinski definition) is 2. The first-order chi connectivity index (χ1) is 6.65. The van der Waals surface area contributed by atoms with Gasteiger partial charge in [-0.05, 0) is 49.6 Å². The molecule has 14 heavy (non-hydrogen) atoms. The third-order valence-electron chi connectivity index (χ3n) is 2.24. The fraction of sp³-hybridized carbons (Fsp3) is 0.364. The maximum absolute atomic E-state index is 10.7. The van der Waals surface area contributed by atoms with Crippen molar-refractivity contribution in [1.82, 2.24) is 0 Å². The number of aryl methyl sites for hydroxylation is 2. The highest BCUT2D eigenvalue weighted by atomic mass is 16.4. The third kappa shape index (κ3) is 2.57. The Balaban J connectivity index is 2.84. The number of hydrogen-bond donors (Lipinski definition) is 2. The van der Waals surface area contributed by atoms with Gasteiger partial charge in [-0.25, -0.2) is 4.79 Å². The van der Waals surface area contributed by atoms with E-state index in [4.69, 9.17) is 10.8 Å². The molecule has 0 unspecified atom stereocenters. The van der Waals surface area contributed by atoms with Gasteiger partial charge in [0.2, 0.25) is 0 Å². The van der Waals surface area contributed by atoms with E-state index in [1.165, 1.54) is 5.56 Å². The maximum atomic E-state index is 10.7. The monoisotopic (exact) mass is 193 g/mol. The molecule has 0 heterocycles. The van der Waals surface area contributed by atoms with Crippen molar-refractivity contribution in [2.45, 2.75) is 19.8 Å². The lowest BCUT2D eigenvalue weighted by Gasteiger charge is -2.05. The topological polar surface area (TPSA) is 63.3 Å². The zero-order valence-corrected chi connectivity index (χ0v) is 8.29. The van der Waals surface area contributed by atoms with Crippen molar-refractivity contribution in [1.29, 1.82) is 0 Å². The van der Waals surface area contributed by atoms with Gasteiger partial charge in [0.25, 0.3) is 0 Å². The van der Waals surface area contributed by atoms with Gasteiger partial charge >= 0.3 is 5.97 Å². The third-order valence-corrected chi connectivity index (χ3v) is 2.24. The second-order valence-corrected chi connectivity index (χ2v) is 3.34. The average Bonchev–Trinajstić information content (AvgIpc) is 2.15. The molecular weight excluding hydrogens is 178 g/mol. The standard InChI is InChI=1S/C11H15NO2/c1-8-7-10(11(13)14)5-4-9(8)3-2-6-12/h4-5,7H,2-3,6,12H2,1H3,(H,13,14). The summed E-state index contributed by atoms with van der Waals surface area (Å²) in [5, 5.41) is 8.76. The van der Waals surface area contributed by atoms with E-state index in [1.807, 2.05) is 13.0 Å². The number of benzene rings is 1. The van der Waals surface area contributed by atoms with Gasteiger partial charge in [0.15, 0.2) is 0 Å². The van der Waals surface area contributed by atoms with E-state index in [9.17, 15) is 4.79 Å². The van der Waals surface area contributed by atoms with Crippen LogP contribution >= 0.6 is 0 Å². The first-order valence-corrected chi connectivity index (χ1v) is 4.68. The van der Waals surface area contributed by atoms with Crippen LogP contribution in [-0.4, -0.2) is 17.6 Å². The molecule has 0 aliphatic heterocycles. The van der Waals surface area contributed by atoms with Crippen LogP contribution in [0.4, 0.5) is 0 Å².